The number of benzene rings is 1. The maximum absolute atomic E-state index is 13.3. The molecule has 1 fully saturated rings. The first-order valence-electron chi connectivity index (χ1n) is 8.52. The lowest BCUT2D eigenvalue weighted by atomic mass is 10.1. The van der Waals surface area contributed by atoms with Crippen molar-refractivity contribution in [3.8, 4) is 0 Å². The Morgan fingerprint density at radius 2 is 2.08 bits per heavy atom. The highest BCUT2D eigenvalue weighted by Crippen LogP contribution is 2.19. The molecule has 2 heterocycles. The van der Waals surface area contributed by atoms with E-state index < -0.39 is 0 Å². The van der Waals surface area contributed by atoms with E-state index in [0.29, 0.717) is 26.1 Å². The van der Waals surface area contributed by atoms with Gasteiger partial charge in [0.2, 0.25) is 5.91 Å². The molecule has 0 aliphatic carbocycles. The summed E-state index contributed by atoms with van der Waals surface area (Å²) >= 11 is 3.38. The zero-order chi connectivity index (χ0) is 17.8. The summed E-state index contributed by atoms with van der Waals surface area (Å²) in [7, 11) is 0. The second-order valence-electron chi connectivity index (χ2n) is 6.29. The number of rotatable bonds is 5. The van der Waals surface area contributed by atoms with Crippen LogP contribution in [0.5, 0.6) is 0 Å². The van der Waals surface area contributed by atoms with Crippen LogP contribution in [-0.4, -0.2) is 51.7 Å². The van der Waals surface area contributed by atoms with Crippen LogP contribution in [-0.2, 0) is 11.3 Å². The number of aromatic nitrogens is 2. The Balaban J connectivity index is 1.56. The standard InChI is InChI=1S/C18H22BrFN4O/c1-2-17(24-13-15(19)11-21-24)18(25)23-8-6-22(7-9-23)12-14-4-3-5-16(20)10-14/h3-5,10-11,13,17H,2,6-9,12H2,1H3. The van der Waals surface area contributed by atoms with Gasteiger partial charge in [-0.1, -0.05) is 19.1 Å². The molecule has 0 bridgehead atoms. The van der Waals surface area contributed by atoms with Crippen molar-refractivity contribution < 1.29 is 9.18 Å². The molecule has 1 amide bonds. The number of piperazine rings is 1. The summed E-state index contributed by atoms with van der Waals surface area (Å²) in [6.07, 6.45) is 4.25. The largest absolute Gasteiger partial charge is 0.338 e. The van der Waals surface area contributed by atoms with Gasteiger partial charge in [-0.15, -0.1) is 0 Å². The zero-order valence-corrected chi connectivity index (χ0v) is 15.8. The minimum Gasteiger partial charge on any atom is -0.338 e. The van der Waals surface area contributed by atoms with Crippen molar-refractivity contribution in [1.82, 2.24) is 19.6 Å². The van der Waals surface area contributed by atoms with Gasteiger partial charge in [0.05, 0.1) is 10.7 Å². The summed E-state index contributed by atoms with van der Waals surface area (Å²) < 4.78 is 15.9. The van der Waals surface area contributed by atoms with Gasteiger partial charge in [0, 0.05) is 38.9 Å². The van der Waals surface area contributed by atoms with Crippen LogP contribution in [0.4, 0.5) is 4.39 Å². The molecule has 1 aromatic carbocycles. The summed E-state index contributed by atoms with van der Waals surface area (Å²) in [4.78, 5) is 17.0. The molecule has 5 nitrogen and oxygen atoms in total. The van der Waals surface area contributed by atoms with E-state index in [1.165, 1.54) is 6.07 Å². The molecule has 134 valence electrons. The molecule has 0 radical (unpaired) electrons. The van der Waals surface area contributed by atoms with Gasteiger partial charge in [-0.2, -0.15) is 5.10 Å². The van der Waals surface area contributed by atoms with Crippen molar-refractivity contribution in [3.05, 3.63) is 52.5 Å². The van der Waals surface area contributed by atoms with Crippen molar-refractivity contribution in [2.45, 2.75) is 25.9 Å². The second-order valence-corrected chi connectivity index (χ2v) is 7.21. The molecular weight excluding hydrogens is 387 g/mol. The number of hydrogen-bond donors (Lipinski definition) is 0. The number of hydrogen-bond acceptors (Lipinski definition) is 3. The average Bonchev–Trinajstić information content (AvgIpc) is 3.02. The normalized spacial score (nSPS) is 16.8. The van der Waals surface area contributed by atoms with E-state index in [1.807, 2.05) is 24.1 Å². The minimum absolute atomic E-state index is 0.114. The first-order chi connectivity index (χ1) is 12.1. The van der Waals surface area contributed by atoms with Gasteiger partial charge in [0.1, 0.15) is 11.9 Å². The third-order valence-corrected chi connectivity index (χ3v) is 4.95. The third-order valence-electron chi connectivity index (χ3n) is 4.54. The van der Waals surface area contributed by atoms with E-state index in [0.717, 1.165) is 23.1 Å². The number of carbonyl (C=O) groups is 1. The number of halogens is 2. The van der Waals surface area contributed by atoms with Crippen LogP contribution in [0.3, 0.4) is 0 Å². The highest BCUT2D eigenvalue weighted by atomic mass is 79.9. The first-order valence-corrected chi connectivity index (χ1v) is 9.31. The maximum atomic E-state index is 13.3. The Morgan fingerprint density at radius 1 is 1.32 bits per heavy atom. The summed E-state index contributed by atoms with van der Waals surface area (Å²) in [5, 5.41) is 4.26. The predicted octanol–water partition coefficient (Wildman–Crippen LogP) is 3.08. The monoisotopic (exact) mass is 408 g/mol. The van der Waals surface area contributed by atoms with Crippen molar-refractivity contribution in [1.29, 1.82) is 0 Å². The predicted molar refractivity (Wildman–Crippen MR) is 97.5 cm³/mol. The third kappa shape index (κ3) is 4.46. The van der Waals surface area contributed by atoms with E-state index in [2.05, 4.69) is 25.9 Å². The quantitative estimate of drug-likeness (QED) is 0.763. The molecule has 0 N–H and O–H groups in total. The van der Waals surface area contributed by atoms with Gasteiger partial charge < -0.3 is 4.90 Å². The van der Waals surface area contributed by atoms with E-state index in [-0.39, 0.29) is 17.8 Å². The smallest absolute Gasteiger partial charge is 0.247 e. The van der Waals surface area contributed by atoms with E-state index >= 15 is 0 Å². The molecule has 25 heavy (non-hydrogen) atoms. The SMILES string of the molecule is CCC(C(=O)N1CCN(Cc2cccc(F)c2)CC1)n1cc(Br)cn1. The van der Waals surface area contributed by atoms with Crippen LogP contribution in [0.2, 0.25) is 0 Å². The van der Waals surface area contributed by atoms with Crippen LogP contribution in [0.25, 0.3) is 0 Å². The maximum Gasteiger partial charge on any atom is 0.247 e. The molecule has 0 spiro atoms. The first kappa shape index (κ1) is 18.1. The Labute approximate surface area is 155 Å². The fourth-order valence-electron chi connectivity index (χ4n) is 3.19. The van der Waals surface area contributed by atoms with E-state index in [1.54, 1.807) is 23.0 Å². The number of amides is 1. The lowest BCUT2D eigenvalue weighted by Crippen LogP contribution is -2.50. The molecule has 0 saturated carbocycles. The molecule has 1 aliphatic rings. The van der Waals surface area contributed by atoms with Gasteiger partial charge in [-0.3, -0.25) is 14.4 Å². The minimum atomic E-state index is -0.263. The number of nitrogens with zero attached hydrogens (tertiary/aromatic N) is 4. The topological polar surface area (TPSA) is 41.4 Å². The molecule has 2 aromatic rings. The Morgan fingerprint density at radius 3 is 2.68 bits per heavy atom. The Bertz CT molecular complexity index is 727. The van der Waals surface area contributed by atoms with Crippen molar-refractivity contribution in [3.63, 3.8) is 0 Å². The molecule has 1 aliphatic heterocycles. The second kappa shape index (κ2) is 8.10. The fraction of sp³-hybridized carbons (Fsp3) is 0.444. The van der Waals surface area contributed by atoms with Crippen LogP contribution in [0, 0.1) is 5.82 Å². The van der Waals surface area contributed by atoms with Crippen LogP contribution >= 0.6 is 15.9 Å². The summed E-state index contributed by atoms with van der Waals surface area (Å²) in [6.45, 7) is 5.67. The molecule has 3 rings (SSSR count). The van der Waals surface area contributed by atoms with Gasteiger partial charge in [-0.05, 0) is 40.0 Å². The highest BCUT2D eigenvalue weighted by molar-refractivity contribution is 9.10. The van der Waals surface area contributed by atoms with E-state index in [4.69, 9.17) is 0 Å². The molecule has 1 aromatic heterocycles. The molecule has 1 atom stereocenters. The molecular formula is C18H22BrFN4O. The molecule has 1 saturated heterocycles. The summed E-state index contributed by atoms with van der Waals surface area (Å²) in [5.41, 5.74) is 0.965. The van der Waals surface area contributed by atoms with Crippen molar-refractivity contribution in [2.24, 2.45) is 0 Å². The highest BCUT2D eigenvalue weighted by Gasteiger charge is 2.28. The van der Waals surface area contributed by atoms with Crippen molar-refractivity contribution in [2.75, 3.05) is 26.2 Å². The van der Waals surface area contributed by atoms with Gasteiger partial charge in [0.25, 0.3) is 0 Å². The van der Waals surface area contributed by atoms with Gasteiger partial charge in [-0.25, -0.2) is 4.39 Å². The van der Waals surface area contributed by atoms with Gasteiger partial charge >= 0.3 is 0 Å². The number of carbonyl (C=O) groups excluding carboxylic acids is 1. The van der Waals surface area contributed by atoms with Crippen LogP contribution < -0.4 is 0 Å². The molecule has 1 unspecified atom stereocenters. The Kier molecular flexibility index (Phi) is 5.86. The van der Waals surface area contributed by atoms with Gasteiger partial charge in [0.15, 0.2) is 0 Å². The molecule has 7 heteroatoms. The lowest BCUT2D eigenvalue weighted by molar-refractivity contribution is -0.137. The lowest BCUT2D eigenvalue weighted by Gasteiger charge is -2.36. The fourth-order valence-corrected chi connectivity index (χ4v) is 3.49. The van der Waals surface area contributed by atoms with E-state index in [9.17, 15) is 9.18 Å². The Hall–Kier alpha value is -1.73. The zero-order valence-electron chi connectivity index (χ0n) is 14.2. The van der Waals surface area contributed by atoms with Crippen molar-refractivity contribution >= 4 is 21.8 Å². The summed E-state index contributed by atoms with van der Waals surface area (Å²) in [5.74, 6) is -0.0917. The van der Waals surface area contributed by atoms with Crippen LogP contribution in [0.1, 0.15) is 24.9 Å². The van der Waals surface area contributed by atoms with Crippen LogP contribution in [0.15, 0.2) is 41.1 Å². The average molecular weight is 409 g/mol. The summed E-state index contributed by atoms with van der Waals surface area (Å²) in [6, 6.07) is 6.43.